The minimum atomic E-state index is -3.58. The highest BCUT2D eigenvalue weighted by Crippen LogP contribution is 2.23. The van der Waals surface area contributed by atoms with E-state index in [-0.39, 0.29) is 23.2 Å². The van der Waals surface area contributed by atoms with Crippen LogP contribution in [0.2, 0.25) is 0 Å². The summed E-state index contributed by atoms with van der Waals surface area (Å²) in [7, 11) is -3.58. The molecule has 8 heteroatoms. The van der Waals surface area contributed by atoms with Crippen LogP contribution in [0.4, 0.5) is 5.69 Å². The lowest BCUT2D eigenvalue weighted by molar-refractivity contribution is -0.140. The van der Waals surface area contributed by atoms with Crippen LogP contribution in [-0.4, -0.2) is 32.7 Å². The van der Waals surface area contributed by atoms with Gasteiger partial charge in [0.15, 0.2) is 9.84 Å². The Kier molecular flexibility index (Phi) is 4.91. The van der Waals surface area contributed by atoms with Crippen LogP contribution in [0, 0.1) is 12.8 Å². The first-order valence-electron chi connectivity index (χ1n) is 7.72. The van der Waals surface area contributed by atoms with Crippen LogP contribution in [0.3, 0.4) is 0 Å². The molecule has 1 N–H and O–H groups in total. The molecule has 6 nitrogen and oxygen atoms in total. The van der Waals surface area contributed by atoms with Gasteiger partial charge in [-0.25, -0.2) is 8.42 Å². The predicted octanol–water partition coefficient (Wildman–Crippen LogP) is 2.65. The molecular weight excluding hydrogens is 362 g/mol. The molecule has 2 aromatic rings. The normalized spacial score (nSPS) is 17.3. The molecule has 1 fully saturated rings. The van der Waals surface area contributed by atoms with Gasteiger partial charge in [0.25, 0.3) is 5.91 Å². The molecule has 0 radical (unpaired) electrons. The first-order chi connectivity index (χ1) is 11.9. The fourth-order valence-electron chi connectivity index (χ4n) is 2.59. The summed E-state index contributed by atoms with van der Waals surface area (Å²) in [5, 5.41) is 4.59. The number of anilines is 1. The van der Waals surface area contributed by atoms with Crippen LogP contribution < -0.4 is 5.32 Å². The Morgan fingerprint density at radius 3 is 2.56 bits per heavy atom. The van der Waals surface area contributed by atoms with Crippen molar-refractivity contribution in [2.75, 3.05) is 17.7 Å². The van der Waals surface area contributed by atoms with E-state index in [2.05, 4.69) is 5.32 Å². The lowest BCUT2D eigenvalue weighted by Crippen LogP contribution is -2.20. The smallest absolute Gasteiger partial charge is 0.310 e. The summed E-state index contributed by atoms with van der Waals surface area (Å²) in [5.74, 6) is -1.55. The monoisotopic (exact) mass is 379 g/mol. The molecule has 1 aliphatic rings. The van der Waals surface area contributed by atoms with E-state index in [9.17, 15) is 18.0 Å². The van der Waals surface area contributed by atoms with Gasteiger partial charge in [-0.3, -0.25) is 9.59 Å². The first kappa shape index (κ1) is 17.6. The summed E-state index contributed by atoms with van der Waals surface area (Å²) >= 11 is 1.35. The van der Waals surface area contributed by atoms with E-state index in [1.54, 1.807) is 12.1 Å². The molecule has 25 heavy (non-hydrogen) atoms. The number of aryl methyl sites for hydroxylation is 1. The van der Waals surface area contributed by atoms with Gasteiger partial charge in [-0.2, -0.15) is 0 Å². The fourth-order valence-corrected chi connectivity index (χ4v) is 4.98. The SMILES string of the molecule is Cc1ccsc1C(=O)Nc1ccc(S(=O)(=O)CC2CCOC2=O)cc1. The van der Waals surface area contributed by atoms with Crippen molar-refractivity contribution in [2.24, 2.45) is 5.92 Å². The van der Waals surface area contributed by atoms with Gasteiger partial charge in [-0.15, -0.1) is 11.3 Å². The van der Waals surface area contributed by atoms with Crippen LogP contribution >= 0.6 is 11.3 Å². The molecular formula is C17H17NO5S2. The molecule has 1 atom stereocenters. The minimum absolute atomic E-state index is 0.123. The van der Waals surface area contributed by atoms with Crippen LogP contribution in [0.1, 0.15) is 21.7 Å². The lowest BCUT2D eigenvalue weighted by Gasteiger charge is -2.09. The number of amides is 1. The number of nitrogens with one attached hydrogen (secondary N) is 1. The maximum absolute atomic E-state index is 12.4. The van der Waals surface area contributed by atoms with Crippen molar-refractivity contribution < 1.29 is 22.7 Å². The molecule has 1 aliphatic heterocycles. The van der Waals surface area contributed by atoms with Gasteiger partial charge < -0.3 is 10.1 Å². The quantitative estimate of drug-likeness (QED) is 0.807. The van der Waals surface area contributed by atoms with E-state index < -0.39 is 21.7 Å². The zero-order valence-corrected chi connectivity index (χ0v) is 15.2. The number of rotatable bonds is 5. The van der Waals surface area contributed by atoms with Crippen molar-refractivity contribution in [3.63, 3.8) is 0 Å². The second kappa shape index (κ2) is 6.97. The largest absolute Gasteiger partial charge is 0.465 e. The van der Waals surface area contributed by atoms with E-state index >= 15 is 0 Å². The molecule has 1 aromatic carbocycles. The Hall–Kier alpha value is -2.19. The van der Waals surface area contributed by atoms with E-state index in [4.69, 9.17) is 4.74 Å². The maximum atomic E-state index is 12.4. The number of hydrogen-bond acceptors (Lipinski definition) is 6. The van der Waals surface area contributed by atoms with E-state index in [1.165, 1.54) is 23.5 Å². The topological polar surface area (TPSA) is 89.5 Å². The number of hydrogen-bond donors (Lipinski definition) is 1. The Labute approximate surface area is 149 Å². The number of esters is 1. The van der Waals surface area contributed by atoms with Crippen LogP contribution in [-0.2, 0) is 19.4 Å². The van der Waals surface area contributed by atoms with Crippen molar-refractivity contribution in [2.45, 2.75) is 18.2 Å². The number of carbonyl (C=O) groups is 2. The van der Waals surface area contributed by atoms with Crippen LogP contribution in [0.25, 0.3) is 0 Å². The second-order valence-corrected chi connectivity index (χ2v) is 8.80. The maximum Gasteiger partial charge on any atom is 0.310 e. The van der Waals surface area contributed by atoms with Crippen molar-refractivity contribution in [3.8, 4) is 0 Å². The van der Waals surface area contributed by atoms with Gasteiger partial charge in [0.2, 0.25) is 0 Å². The van der Waals surface area contributed by atoms with Crippen molar-refractivity contribution in [3.05, 3.63) is 46.2 Å². The highest BCUT2D eigenvalue weighted by atomic mass is 32.2. The molecule has 0 saturated carbocycles. The lowest BCUT2D eigenvalue weighted by atomic mass is 10.1. The van der Waals surface area contributed by atoms with Crippen molar-refractivity contribution in [1.82, 2.24) is 0 Å². The summed E-state index contributed by atoms with van der Waals surface area (Å²) in [5.41, 5.74) is 1.40. The third kappa shape index (κ3) is 3.91. The molecule has 1 saturated heterocycles. The average molecular weight is 379 g/mol. The third-order valence-corrected chi connectivity index (χ3v) is 6.85. The molecule has 1 amide bonds. The number of thiophene rings is 1. The zero-order valence-electron chi connectivity index (χ0n) is 13.5. The first-order valence-corrected chi connectivity index (χ1v) is 10.2. The Balaban J connectivity index is 1.70. The number of carbonyl (C=O) groups excluding carboxylic acids is 2. The molecule has 3 rings (SSSR count). The fraction of sp³-hybridized carbons (Fsp3) is 0.294. The average Bonchev–Trinajstić information content (AvgIpc) is 3.16. The predicted molar refractivity (Wildman–Crippen MR) is 94.6 cm³/mol. The minimum Gasteiger partial charge on any atom is -0.465 e. The summed E-state index contributed by atoms with van der Waals surface area (Å²) < 4.78 is 29.6. The van der Waals surface area contributed by atoms with Gasteiger partial charge in [0, 0.05) is 5.69 Å². The van der Waals surface area contributed by atoms with Crippen molar-refractivity contribution >= 4 is 38.7 Å². The zero-order chi connectivity index (χ0) is 18.0. The highest BCUT2D eigenvalue weighted by molar-refractivity contribution is 7.91. The summed E-state index contributed by atoms with van der Waals surface area (Å²) in [6, 6.07) is 7.82. The summed E-state index contributed by atoms with van der Waals surface area (Å²) in [4.78, 5) is 24.4. The van der Waals surface area contributed by atoms with Gasteiger partial charge in [0.05, 0.1) is 28.1 Å². The van der Waals surface area contributed by atoms with Gasteiger partial charge in [-0.1, -0.05) is 0 Å². The van der Waals surface area contributed by atoms with Crippen LogP contribution in [0.5, 0.6) is 0 Å². The number of cyclic esters (lactones) is 1. The molecule has 0 spiro atoms. The van der Waals surface area contributed by atoms with E-state index in [0.29, 0.717) is 17.0 Å². The third-order valence-electron chi connectivity index (χ3n) is 4.00. The Morgan fingerprint density at radius 2 is 2.00 bits per heavy atom. The Morgan fingerprint density at radius 1 is 1.28 bits per heavy atom. The van der Waals surface area contributed by atoms with E-state index in [1.807, 2.05) is 18.4 Å². The van der Waals surface area contributed by atoms with Gasteiger partial charge in [0.1, 0.15) is 0 Å². The van der Waals surface area contributed by atoms with E-state index in [0.717, 1.165) is 5.56 Å². The number of benzene rings is 1. The molecule has 0 bridgehead atoms. The molecule has 1 unspecified atom stereocenters. The van der Waals surface area contributed by atoms with Gasteiger partial charge in [-0.05, 0) is 54.6 Å². The van der Waals surface area contributed by atoms with Crippen molar-refractivity contribution in [1.29, 1.82) is 0 Å². The summed E-state index contributed by atoms with van der Waals surface area (Å²) in [6.45, 7) is 2.13. The van der Waals surface area contributed by atoms with Gasteiger partial charge >= 0.3 is 5.97 Å². The highest BCUT2D eigenvalue weighted by Gasteiger charge is 2.32. The number of sulfone groups is 1. The van der Waals surface area contributed by atoms with Crippen LogP contribution in [0.15, 0.2) is 40.6 Å². The second-order valence-electron chi connectivity index (χ2n) is 5.85. The standard InChI is InChI=1S/C17H17NO5S2/c1-11-7-9-24-15(11)16(19)18-13-2-4-14(5-3-13)25(21,22)10-12-6-8-23-17(12)20/h2-5,7,9,12H,6,8,10H2,1H3,(H,18,19). The molecule has 0 aliphatic carbocycles. The Bertz CT molecular complexity index is 899. The molecule has 132 valence electrons. The number of ether oxygens (including phenoxy) is 1. The molecule has 2 heterocycles. The molecule has 1 aromatic heterocycles. The summed E-state index contributed by atoms with van der Waals surface area (Å²) in [6.07, 6.45) is 0.423.